The summed E-state index contributed by atoms with van der Waals surface area (Å²) in [7, 11) is 0. The van der Waals surface area contributed by atoms with Gasteiger partial charge in [-0.3, -0.25) is 0 Å². The predicted molar refractivity (Wildman–Crippen MR) is 42.2 cm³/mol. The van der Waals surface area contributed by atoms with Crippen molar-refractivity contribution in [2.75, 3.05) is 0 Å². The van der Waals surface area contributed by atoms with Gasteiger partial charge in [0.15, 0.2) is 0 Å². The Hall–Kier alpha value is 0.150. The van der Waals surface area contributed by atoms with Crippen LogP contribution in [-0.4, -0.2) is 11.8 Å². The number of halogens is 3. The Balaban J connectivity index is 2.43. The second-order valence-corrected chi connectivity index (χ2v) is 4.12. The van der Waals surface area contributed by atoms with Gasteiger partial charge in [0.2, 0.25) is 6.43 Å². The van der Waals surface area contributed by atoms with Gasteiger partial charge >= 0.3 is 0 Å². The molecule has 0 aromatic heterocycles. The minimum atomic E-state index is -2.18. The molecule has 1 aliphatic rings. The van der Waals surface area contributed by atoms with Crippen molar-refractivity contribution < 1.29 is 8.78 Å². The standard InChI is InChI=1S/C8H13ClF2/c1-5-2-6(8(10)11)4-7(9)3-5/h5-8H,2-4H2,1H3. The zero-order chi connectivity index (χ0) is 8.43. The molecule has 1 fully saturated rings. The fourth-order valence-corrected chi connectivity index (χ4v) is 2.31. The molecule has 0 bridgehead atoms. The lowest BCUT2D eigenvalue weighted by Crippen LogP contribution is -2.26. The molecule has 3 unspecified atom stereocenters. The summed E-state index contributed by atoms with van der Waals surface area (Å²) in [5.74, 6) is -0.0912. The molecule has 0 aliphatic heterocycles. The van der Waals surface area contributed by atoms with Gasteiger partial charge in [-0.25, -0.2) is 8.78 Å². The quantitative estimate of drug-likeness (QED) is 0.546. The first kappa shape index (κ1) is 9.24. The molecule has 1 aliphatic carbocycles. The lowest BCUT2D eigenvalue weighted by molar-refractivity contribution is 0.0456. The van der Waals surface area contributed by atoms with Crippen molar-refractivity contribution in [3.8, 4) is 0 Å². The van der Waals surface area contributed by atoms with Crippen molar-refractivity contribution >= 4 is 11.6 Å². The average Bonchev–Trinajstić information content (AvgIpc) is 1.85. The molecular formula is C8H13ClF2. The molecule has 0 spiro atoms. The van der Waals surface area contributed by atoms with Gasteiger partial charge in [-0.2, -0.15) is 0 Å². The van der Waals surface area contributed by atoms with E-state index in [1.165, 1.54) is 0 Å². The number of hydrogen-bond donors (Lipinski definition) is 0. The minimum Gasteiger partial charge on any atom is -0.210 e. The molecule has 0 saturated heterocycles. The summed E-state index contributed by atoms with van der Waals surface area (Å²) in [5, 5.41) is -0.0299. The zero-order valence-corrected chi connectivity index (χ0v) is 7.32. The summed E-state index contributed by atoms with van der Waals surface area (Å²) in [5.41, 5.74) is 0. The summed E-state index contributed by atoms with van der Waals surface area (Å²) in [6.45, 7) is 1.99. The lowest BCUT2D eigenvalue weighted by Gasteiger charge is -2.29. The summed E-state index contributed by atoms with van der Waals surface area (Å²) in [6.07, 6.45) is -0.158. The predicted octanol–water partition coefficient (Wildman–Crippen LogP) is 3.30. The van der Waals surface area contributed by atoms with Crippen LogP contribution in [0.15, 0.2) is 0 Å². The van der Waals surface area contributed by atoms with E-state index >= 15 is 0 Å². The summed E-state index contributed by atoms with van der Waals surface area (Å²) >= 11 is 5.82. The Morgan fingerprint density at radius 2 is 1.91 bits per heavy atom. The van der Waals surface area contributed by atoms with Crippen LogP contribution in [0.5, 0.6) is 0 Å². The highest BCUT2D eigenvalue weighted by Crippen LogP contribution is 2.35. The van der Waals surface area contributed by atoms with Crippen LogP contribution in [0, 0.1) is 11.8 Å². The smallest absolute Gasteiger partial charge is 0.210 e. The third kappa shape index (κ3) is 2.58. The molecule has 0 N–H and O–H groups in total. The van der Waals surface area contributed by atoms with Gasteiger partial charge in [0.25, 0.3) is 0 Å². The van der Waals surface area contributed by atoms with Gasteiger partial charge in [0.05, 0.1) is 0 Å². The largest absolute Gasteiger partial charge is 0.241 e. The van der Waals surface area contributed by atoms with E-state index in [1.54, 1.807) is 0 Å². The molecule has 3 heteroatoms. The first-order chi connectivity index (χ1) is 5.09. The fraction of sp³-hybridized carbons (Fsp3) is 1.00. The Bertz CT molecular complexity index is 117. The van der Waals surface area contributed by atoms with Crippen molar-refractivity contribution in [3.63, 3.8) is 0 Å². The molecule has 0 aromatic rings. The maximum atomic E-state index is 12.2. The highest BCUT2D eigenvalue weighted by molar-refractivity contribution is 6.20. The van der Waals surface area contributed by atoms with E-state index in [0.717, 1.165) is 6.42 Å². The molecule has 0 amide bonds. The van der Waals surface area contributed by atoms with Gasteiger partial charge < -0.3 is 0 Å². The third-order valence-electron chi connectivity index (χ3n) is 2.28. The van der Waals surface area contributed by atoms with E-state index in [-0.39, 0.29) is 5.38 Å². The van der Waals surface area contributed by atoms with Crippen molar-refractivity contribution in [1.82, 2.24) is 0 Å². The van der Waals surface area contributed by atoms with E-state index in [4.69, 9.17) is 11.6 Å². The highest BCUT2D eigenvalue weighted by atomic mass is 35.5. The van der Waals surface area contributed by atoms with Crippen molar-refractivity contribution in [2.45, 2.75) is 38.0 Å². The Morgan fingerprint density at radius 1 is 1.27 bits per heavy atom. The van der Waals surface area contributed by atoms with Crippen molar-refractivity contribution in [1.29, 1.82) is 0 Å². The number of rotatable bonds is 1. The van der Waals surface area contributed by atoms with Crippen LogP contribution < -0.4 is 0 Å². The first-order valence-electron chi connectivity index (χ1n) is 4.01. The molecule has 11 heavy (non-hydrogen) atoms. The topological polar surface area (TPSA) is 0 Å². The van der Waals surface area contributed by atoms with Crippen LogP contribution >= 0.6 is 11.6 Å². The SMILES string of the molecule is CC1CC(Cl)CC(C(F)F)C1. The van der Waals surface area contributed by atoms with E-state index in [1.807, 2.05) is 6.92 Å². The fourth-order valence-electron chi connectivity index (χ4n) is 1.78. The number of alkyl halides is 3. The van der Waals surface area contributed by atoms with Gasteiger partial charge in [-0.1, -0.05) is 6.92 Å². The first-order valence-corrected chi connectivity index (χ1v) is 4.45. The Labute approximate surface area is 70.9 Å². The minimum absolute atomic E-state index is 0.0299. The average molecular weight is 183 g/mol. The molecule has 3 atom stereocenters. The van der Waals surface area contributed by atoms with E-state index < -0.39 is 12.3 Å². The molecule has 0 heterocycles. The van der Waals surface area contributed by atoms with Crippen LogP contribution in [0.1, 0.15) is 26.2 Å². The summed E-state index contributed by atoms with van der Waals surface area (Å²) in [4.78, 5) is 0. The molecule has 1 rings (SSSR count). The maximum absolute atomic E-state index is 12.2. The maximum Gasteiger partial charge on any atom is 0.241 e. The van der Waals surface area contributed by atoms with Crippen molar-refractivity contribution in [3.05, 3.63) is 0 Å². The van der Waals surface area contributed by atoms with Gasteiger partial charge in [0.1, 0.15) is 0 Å². The van der Waals surface area contributed by atoms with Gasteiger partial charge in [-0.05, 0) is 25.2 Å². The molecular weight excluding hydrogens is 170 g/mol. The Morgan fingerprint density at radius 3 is 2.36 bits per heavy atom. The van der Waals surface area contributed by atoms with Crippen molar-refractivity contribution in [2.24, 2.45) is 11.8 Å². The zero-order valence-electron chi connectivity index (χ0n) is 6.56. The molecule has 0 radical (unpaired) electrons. The second-order valence-electron chi connectivity index (χ2n) is 3.50. The molecule has 1 saturated carbocycles. The highest BCUT2D eigenvalue weighted by Gasteiger charge is 2.30. The van der Waals surface area contributed by atoms with Crippen LogP contribution in [0.3, 0.4) is 0 Å². The number of hydrogen-bond acceptors (Lipinski definition) is 0. The van der Waals surface area contributed by atoms with E-state index in [2.05, 4.69) is 0 Å². The lowest BCUT2D eigenvalue weighted by atomic mass is 9.82. The monoisotopic (exact) mass is 182 g/mol. The van der Waals surface area contributed by atoms with Gasteiger partial charge in [-0.15, -0.1) is 11.6 Å². The van der Waals surface area contributed by atoms with Crippen LogP contribution in [-0.2, 0) is 0 Å². The molecule has 66 valence electrons. The molecule has 0 nitrogen and oxygen atoms in total. The van der Waals surface area contributed by atoms with Crippen LogP contribution in [0.4, 0.5) is 8.78 Å². The summed E-state index contributed by atoms with van der Waals surface area (Å²) < 4.78 is 24.4. The van der Waals surface area contributed by atoms with E-state index in [0.29, 0.717) is 18.8 Å². The second kappa shape index (κ2) is 3.70. The normalized spacial score (nSPS) is 39.5. The Kier molecular flexibility index (Phi) is 3.11. The van der Waals surface area contributed by atoms with E-state index in [9.17, 15) is 8.78 Å². The third-order valence-corrected chi connectivity index (χ3v) is 2.63. The van der Waals surface area contributed by atoms with Crippen LogP contribution in [0.25, 0.3) is 0 Å². The summed E-state index contributed by atoms with van der Waals surface area (Å²) in [6, 6.07) is 0. The van der Waals surface area contributed by atoms with Gasteiger partial charge in [0, 0.05) is 11.3 Å². The molecule has 0 aromatic carbocycles. The van der Waals surface area contributed by atoms with Crippen LogP contribution in [0.2, 0.25) is 0 Å².